The van der Waals surface area contributed by atoms with Gasteiger partial charge in [0.25, 0.3) is 5.91 Å². The molecule has 2 aromatic rings. The molecule has 0 fully saturated rings. The fourth-order valence-corrected chi connectivity index (χ4v) is 3.77. The van der Waals surface area contributed by atoms with Gasteiger partial charge >= 0.3 is 0 Å². The molecule has 6 heteroatoms. The molecule has 0 aliphatic carbocycles. The van der Waals surface area contributed by atoms with Gasteiger partial charge in [-0.25, -0.2) is 0 Å². The predicted octanol–water partition coefficient (Wildman–Crippen LogP) is 3.72. The van der Waals surface area contributed by atoms with Crippen LogP contribution in [-0.4, -0.2) is 49.9 Å². The van der Waals surface area contributed by atoms with Crippen LogP contribution in [0.3, 0.4) is 0 Å². The van der Waals surface area contributed by atoms with Crippen LogP contribution in [0.15, 0.2) is 42.5 Å². The third-order valence-corrected chi connectivity index (χ3v) is 5.66. The van der Waals surface area contributed by atoms with Gasteiger partial charge in [0.05, 0.1) is 24.2 Å². The second kappa shape index (κ2) is 9.76. The number of likely N-dealkylation sites (N-methyl/N-ethyl adjacent to an activating group) is 1. The Kier molecular flexibility index (Phi) is 7.11. The highest BCUT2D eigenvalue weighted by Gasteiger charge is 2.37. The summed E-state index contributed by atoms with van der Waals surface area (Å²) in [5, 5.41) is 2.95. The molecular weight excluding hydrogens is 380 g/mol. The largest absolute Gasteiger partial charge is 0.497 e. The lowest BCUT2D eigenvalue weighted by Gasteiger charge is -2.32. The Morgan fingerprint density at radius 1 is 1.17 bits per heavy atom. The zero-order valence-electron chi connectivity index (χ0n) is 18.1. The fraction of sp³-hybridized carbons (Fsp3) is 0.417. The van der Waals surface area contributed by atoms with E-state index >= 15 is 0 Å². The number of benzene rings is 2. The second-order valence-corrected chi connectivity index (χ2v) is 7.44. The minimum absolute atomic E-state index is 0.0544. The zero-order chi connectivity index (χ0) is 21.7. The number of Topliss-reactive ketones (excluding diaryl/α,β-unsaturated/α-hetero) is 1. The third-order valence-electron chi connectivity index (χ3n) is 5.66. The maximum absolute atomic E-state index is 13.2. The summed E-state index contributed by atoms with van der Waals surface area (Å²) in [6, 6.07) is 12.9. The highest BCUT2D eigenvalue weighted by Crippen LogP contribution is 2.42. The molecule has 30 heavy (non-hydrogen) atoms. The Morgan fingerprint density at radius 2 is 1.87 bits per heavy atom. The number of nitrogens with zero attached hydrogens (tertiary/aromatic N) is 1. The lowest BCUT2D eigenvalue weighted by molar-refractivity contribution is 0.0682. The molecule has 6 nitrogen and oxygen atoms in total. The number of carbonyl (C=O) groups excluding carboxylic acids is 2. The van der Waals surface area contributed by atoms with Gasteiger partial charge in [-0.05, 0) is 30.8 Å². The summed E-state index contributed by atoms with van der Waals surface area (Å²) < 4.78 is 11.6. The molecule has 160 valence electrons. The predicted molar refractivity (Wildman–Crippen MR) is 116 cm³/mol. The maximum atomic E-state index is 13.2. The molecule has 0 saturated heterocycles. The van der Waals surface area contributed by atoms with Crippen molar-refractivity contribution >= 4 is 11.7 Å². The molecule has 2 unspecified atom stereocenters. The SMILES string of the molecule is CCN(CC)CCNC(=O)c1cc(OC)cc2c1OC(c1ccccc1)C(C)C2=O. The number of hydrogen-bond donors (Lipinski definition) is 1. The summed E-state index contributed by atoms with van der Waals surface area (Å²) in [6.45, 7) is 9.16. The van der Waals surface area contributed by atoms with Gasteiger partial charge in [-0.1, -0.05) is 51.1 Å². The molecule has 1 aliphatic rings. The standard InChI is InChI=1S/C24H30N2O4/c1-5-26(6-2)13-12-25-24(28)20-15-18(29-4)14-19-21(27)16(3)22(30-23(19)20)17-10-8-7-9-11-17/h7-11,14-16,22H,5-6,12-13H2,1-4H3,(H,25,28). The number of methoxy groups -OCH3 is 1. The summed E-state index contributed by atoms with van der Waals surface area (Å²) in [7, 11) is 1.52. The second-order valence-electron chi connectivity index (χ2n) is 7.44. The zero-order valence-corrected chi connectivity index (χ0v) is 18.1. The number of rotatable bonds is 8. The highest BCUT2D eigenvalue weighted by atomic mass is 16.5. The van der Waals surface area contributed by atoms with Crippen LogP contribution in [0.1, 0.15) is 53.2 Å². The molecule has 2 aromatic carbocycles. The van der Waals surface area contributed by atoms with Crippen LogP contribution in [0.2, 0.25) is 0 Å². The van der Waals surface area contributed by atoms with Gasteiger partial charge in [-0.2, -0.15) is 0 Å². The molecule has 0 aromatic heterocycles. The molecule has 1 aliphatic heterocycles. The Hall–Kier alpha value is -2.86. The molecular formula is C24H30N2O4. The lowest BCUT2D eigenvalue weighted by atomic mass is 9.86. The van der Waals surface area contributed by atoms with E-state index in [1.165, 1.54) is 7.11 Å². The Bertz CT molecular complexity index is 894. The molecule has 0 spiro atoms. The third kappa shape index (κ3) is 4.49. The summed E-state index contributed by atoms with van der Waals surface area (Å²) in [5.74, 6) is 0.0938. The van der Waals surface area contributed by atoms with E-state index in [9.17, 15) is 9.59 Å². The number of carbonyl (C=O) groups is 2. The number of fused-ring (bicyclic) bond motifs is 1. The van der Waals surface area contributed by atoms with Crippen LogP contribution in [0.5, 0.6) is 11.5 Å². The van der Waals surface area contributed by atoms with Gasteiger partial charge in [-0.15, -0.1) is 0 Å². The first-order valence-electron chi connectivity index (χ1n) is 10.5. The average molecular weight is 411 g/mol. The van der Waals surface area contributed by atoms with Gasteiger partial charge in [0.2, 0.25) is 0 Å². The number of amides is 1. The van der Waals surface area contributed by atoms with Crippen LogP contribution < -0.4 is 14.8 Å². The van der Waals surface area contributed by atoms with Crippen LogP contribution in [0.4, 0.5) is 0 Å². The lowest BCUT2D eigenvalue weighted by Crippen LogP contribution is -2.36. The van der Waals surface area contributed by atoms with Gasteiger partial charge in [0.1, 0.15) is 17.6 Å². The number of hydrogen-bond acceptors (Lipinski definition) is 5. The first-order valence-corrected chi connectivity index (χ1v) is 10.5. The maximum Gasteiger partial charge on any atom is 0.255 e. The van der Waals surface area contributed by atoms with E-state index in [0.717, 1.165) is 25.2 Å². The van der Waals surface area contributed by atoms with E-state index in [-0.39, 0.29) is 17.6 Å². The van der Waals surface area contributed by atoms with E-state index in [4.69, 9.17) is 9.47 Å². The molecule has 0 saturated carbocycles. The van der Waals surface area contributed by atoms with Crippen molar-refractivity contribution in [1.29, 1.82) is 0 Å². The molecule has 3 rings (SSSR count). The summed E-state index contributed by atoms with van der Waals surface area (Å²) >= 11 is 0. The Balaban J connectivity index is 1.92. The van der Waals surface area contributed by atoms with Crippen LogP contribution in [0.25, 0.3) is 0 Å². The van der Waals surface area contributed by atoms with Crippen LogP contribution in [0, 0.1) is 5.92 Å². The van der Waals surface area contributed by atoms with E-state index in [2.05, 4.69) is 24.1 Å². The van der Waals surface area contributed by atoms with Crippen molar-refractivity contribution in [1.82, 2.24) is 10.2 Å². The van der Waals surface area contributed by atoms with E-state index in [0.29, 0.717) is 29.2 Å². The molecule has 1 N–H and O–H groups in total. The van der Waals surface area contributed by atoms with Crippen molar-refractivity contribution in [2.24, 2.45) is 5.92 Å². The minimum atomic E-state index is -0.443. The van der Waals surface area contributed by atoms with E-state index in [1.54, 1.807) is 12.1 Å². The van der Waals surface area contributed by atoms with Crippen LogP contribution >= 0.6 is 0 Å². The molecule has 2 atom stereocenters. The van der Waals surface area contributed by atoms with Crippen molar-refractivity contribution in [3.8, 4) is 11.5 Å². The van der Waals surface area contributed by atoms with Gasteiger partial charge in [0, 0.05) is 13.1 Å². The molecule has 0 radical (unpaired) electrons. The Morgan fingerprint density at radius 3 is 2.50 bits per heavy atom. The highest BCUT2D eigenvalue weighted by molar-refractivity contribution is 6.07. The van der Waals surface area contributed by atoms with E-state index in [1.807, 2.05) is 37.3 Å². The summed E-state index contributed by atoms with van der Waals surface area (Å²) in [6.07, 6.45) is -0.443. The van der Waals surface area contributed by atoms with Crippen LogP contribution in [-0.2, 0) is 0 Å². The molecule has 1 amide bonds. The van der Waals surface area contributed by atoms with Crippen molar-refractivity contribution < 1.29 is 19.1 Å². The minimum Gasteiger partial charge on any atom is -0.497 e. The van der Waals surface area contributed by atoms with Crippen molar-refractivity contribution in [3.63, 3.8) is 0 Å². The smallest absolute Gasteiger partial charge is 0.255 e. The monoisotopic (exact) mass is 410 g/mol. The van der Waals surface area contributed by atoms with Crippen molar-refractivity contribution in [3.05, 3.63) is 59.2 Å². The summed E-state index contributed by atoms with van der Waals surface area (Å²) in [5.41, 5.74) is 1.63. The summed E-state index contributed by atoms with van der Waals surface area (Å²) in [4.78, 5) is 28.4. The first kappa shape index (κ1) is 21.8. The number of nitrogens with one attached hydrogen (secondary N) is 1. The van der Waals surface area contributed by atoms with Crippen molar-refractivity contribution in [2.45, 2.75) is 26.9 Å². The number of ketones is 1. The number of ether oxygens (including phenoxy) is 2. The van der Waals surface area contributed by atoms with Crippen molar-refractivity contribution in [2.75, 3.05) is 33.3 Å². The first-order chi connectivity index (χ1) is 14.5. The van der Waals surface area contributed by atoms with E-state index < -0.39 is 6.10 Å². The quantitative estimate of drug-likeness (QED) is 0.718. The normalized spacial score (nSPS) is 18.0. The van der Waals surface area contributed by atoms with Gasteiger partial charge < -0.3 is 19.7 Å². The molecule has 1 heterocycles. The van der Waals surface area contributed by atoms with Gasteiger partial charge in [-0.3, -0.25) is 9.59 Å². The Labute approximate surface area is 178 Å². The fourth-order valence-electron chi connectivity index (χ4n) is 3.77. The average Bonchev–Trinajstić information content (AvgIpc) is 2.78. The van der Waals surface area contributed by atoms with Gasteiger partial charge in [0.15, 0.2) is 5.78 Å². The molecule has 0 bridgehead atoms. The topological polar surface area (TPSA) is 67.9 Å².